The predicted octanol–water partition coefficient (Wildman–Crippen LogP) is 2.92. The molecule has 1 aromatic rings. The van der Waals surface area contributed by atoms with Gasteiger partial charge >= 0.3 is 0 Å². The molecule has 0 amide bonds. The van der Waals surface area contributed by atoms with E-state index in [4.69, 9.17) is 22.5 Å². The van der Waals surface area contributed by atoms with Gasteiger partial charge in [-0.2, -0.15) is 0 Å². The van der Waals surface area contributed by atoms with Crippen LogP contribution in [0, 0.1) is 5.92 Å². The maximum absolute atomic E-state index is 8.83. The molecular weight excluding hydrogens is 250 g/mol. The van der Waals surface area contributed by atoms with Crippen molar-refractivity contribution in [1.29, 1.82) is 0 Å². The lowest BCUT2D eigenvalue weighted by atomic mass is 10.0. The molecule has 0 saturated heterocycles. The minimum atomic E-state index is 0.0651. The van der Waals surface area contributed by atoms with Gasteiger partial charge in [0.05, 0.1) is 0 Å². The Balaban J connectivity index is 3.23. The van der Waals surface area contributed by atoms with Crippen LogP contribution in [0.4, 0.5) is 5.69 Å². The van der Waals surface area contributed by atoms with Crippen molar-refractivity contribution in [1.82, 2.24) is 0 Å². The molecule has 0 aliphatic carbocycles. The van der Waals surface area contributed by atoms with E-state index in [1.54, 1.807) is 12.1 Å². The number of nitrogens with two attached hydrogens (primary N) is 1. The van der Waals surface area contributed by atoms with Crippen LogP contribution in [-0.2, 0) is 0 Å². The Morgan fingerprint density at radius 3 is 2.50 bits per heavy atom. The Morgan fingerprint density at radius 1 is 1.39 bits per heavy atom. The molecule has 0 spiro atoms. The summed E-state index contributed by atoms with van der Waals surface area (Å²) in [4.78, 5) is 2.11. The molecule has 3 N–H and O–H groups in total. The van der Waals surface area contributed by atoms with E-state index in [-0.39, 0.29) is 5.84 Å². The summed E-state index contributed by atoms with van der Waals surface area (Å²) in [5.41, 5.74) is 7.23. The fourth-order valence-electron chi connectivity index (χ4n) is 1.74. The molecule has 0 saturated carbocycles. The fraction of sp³-hybridized carbons (Fsp3) is 0.462. The smallest absolute Gasteiger partial charge is 0.172 e. The van der Waals surface area contributed by atoms with Crippen LogP contribution in [-0.4, -0.2) is 24.1 Å². The number of oxime groups is 1. The number of benzene rings is 1. The van der Waals surface area contributed by atoms with Gasteiger partial charge in [-0.15, -0.1) is 0 Å². The molecule has 0 aliphatic heterocycles. The van der Waals surface area contributed by atoms with E-state index in [2.05, 4.69) is 30.8 Å². The molecule has 1 atom stereocenters. The van der Waals surface area contributed by atoms with Crippen molar-refractivity contribution in [2.75, 3.05) is 11.9 Å². The Morgan fingerprint density at radius 2 is 2.00 bits per heavy atom. The van der Waals surface area contributed by atoms with Gasteiger partial charge in [0.1, 0.15) is 0 Å². The lowest BCUT2D eigenvalue weighted by Crippen LogP contribution is -2.34. The zero-order chi connectivity index (χ0) is 13.9. The molecule has 0 fully saturated rings. The van der Waals surface area contributed by atoms with Crippen LogP contribution in [0.3, 0.4) is 0 Å². The summed E-state index contributed by atoms with van der Waals surface area (Å²) in [5.74, 6) is 0.557. The number of hydrogen-bond donors (Lipinski definition) is 2. The minimum absolute atomic E-state index is 0.0651. The summed E-state index contributed by atoms with van der Waals surface area (Å²) >= 11 is 5.95. The Kier molecular flexibility index (Phi) is 4.84. The lowest BCUT2D eigenvalue weighted by molar-refractivity contribution is 0.318. The first-order valence-corrected chi connectivity index (χ1v) is 6.26. The first-order chi connectivity index (χ1) is 8.38. The summed E-state index contributed by atoms with van der Waals surface area (Å²) in [6, 6.07) is 5.72. The Hall–Kier alpha value is -1.42. The second-order valence-electron chi connectivity index (χ2n) is 4.74. The summed E-state index contributed by atoms with van der Waals surface area (Å²) in [7, 11) is 1.99. The summed E-state index contributed by atoms with van der Waals surface area (Å²) in [6.07, 6.45) is 0. The SMILES string of the molecule is CC(C)C(C)N(C)c1ccc(Cl)cc1/C(N)=N/O. The van der Waals surface area contributed by atoms with E-state index in [1.165, 1.54) is 0 Å². The standard InChI is InChI=1S/C13H20ClN3O/c1-8(2)9(3)17(4)12-6-5-10(14)7-11(12)13(15)16-18/h5-9,18H,1-4H3,(H2,15,16). The lowest BCUT2D eigenvalue weighted by Gasteiger charge is -2.31. The highest BCUT2D eigenvalue weighted by molar-refractivity contribution is 6.31. The predicted molar refractivity (Wildman–Crippen MR) is 76.7 cm³/mol. The summed E-state index contributed by atoms with van der Waals surface area (Å²) < 4.78 is 0. The molecule has 0 heterocycles. The molecule has 0 aliphatic rings. The third-order valence-electron chi connectivity index (χ3n) is 3.30. The molecular formula is C13H20ClN3O. The number of halogens is 1. The van der Waals surface area contributed by atoms with Crippen molar-refractivity contribution in [2.24, 2.45) is 16.8 Å². The molecule has 4 nitrogen and oxygen atoms in total. The highest BCUT2D eigenvalue weighted by Gasteiger charge is 2.18. The van der Waals surface area contributed by atoms with E-state index in [9.17, 15) is 0 Å². The van der Waals surface area contributed by atoms with Gasteiger partial charge in [-0.3, -0.25) is 0 Å². The molecule has 5 heteroatoms. The third-order valence-corrected chi connectivity index (χ3v) is 3.53. The Labute approximate surface area is 113 Å². The van der Waals surface area contributed by atoms with Gasteiger partial charge < -0.3 is 15.8 Å². The summed E-state index contributed by atoms with van der Waals surface area (Å²) in [5, 5.41) is 12.5. The maximum atomic E-state index is 8.83. The number of nitrogens with zero attached hydrogens (tertiary/aromatic N) is 2. The van der Waals surface area contributed by atoms with Crippen molar-refractivity contribution < 1.29 is 5.21 Å². The van der Waals surface area contributed by atoms with E-state index < -0.39 is 0 Å². The van der Waals surface area contributed by atoms with Crippen LogP contribution in [0.2, 0.25) is 5.02 Å². The van der Waals surface area contributed by atoms with Crippen molar-refractivity contribution in [2.45, 2.75) is 26.8 Å². The fourth-order valence-corrected chi connectivity index (χ4v) is 1.91. The highest BCUT2D eigenvalue weighted by Crippen LogP contribution is 2.26. The zero-order valence-electron chi connectivity index (χ0n) is 11.2. The molecule has 100 valence electrons. The van der Waals surface area contributed by atoms with Crippen molar-refractivity contribution in [3.63, 3.8) is 0 Å². The van der Waals surface area contributed by atoms with Gasteiger partial charge in [0.15, 0.2) is 5.84 Å². The van der Waals surface area contributed by atoms with Crippen molar-refractivity contribution in [3.8, 4) is 0 Å². The minimum Gasteiger partial charge on any atom is -0.409 e. The molecule has 1 rings (SSSR count). The first-order valence-electron chi connectivity index (χ1n) is 5.88. The summed E-state index contributed by atoms with van der Waals surface area (Å²) in [6.45, 7) is 6.44. The van der Waals surface area contributed by atoms with E-state index in [1.807, 2.05) is 13.1 Å². The normalized spacial score (nSPS) is 13.8. The van der Waals surface area contributed by atoms with Gasteiger partial charge in [0.25, 0.3) is 0 Å². The van der Waals surface area contributed by atoms with Gasteiger partial charge in [-0.1, -0.05) is 30.6 Å². The molecule has 0 aromatic heterocycles. The first kappa shape index (κ1) is 14.6. The molecule has 18 heavy (non-hydrogen) atoms. The average molecular weight is 270 g/mol. The monoisotopic (exact) mass is 269 g/mol. The van der Waals surface area contributed by atoms with Crippen LogP contribution in [0.5, 0.6) is 0 Å². The number of rotatable bonds is 4. The van der Waals surface area contributed by atoms with E-state index in [0.717, 1.165) is 5.69 Å². The third kappa shape index (κ3) is 3.07. The van der Waals surface area contributed by atoms with Crippen LogP contribution >= 0.6 is 11.6 Å². The Bertz CT molecular complexity index is 446. The molecule has 0 bridgehead atoms. The average Bonchev–Trinajstić information content (AvgIpc) is 2.35. The van der Waals surface area contributed by atoms with E-state index >= 15 is 0 Å². The second kappa shape index (κ2) is 5.96. The quantitative estimate of drug-likeness (QED) is 0.382. The zero-order valence-corrected chi connectivity index (χ0v) is 11.9. The van der Waals surface area contributed by atoms with Gasteiger partial charge in [-0.25, -0.2) is 0 Å². The van der Waals surface area contributed by atoms with E-state index in [0.29, 0.717) is 22.5 Å². The van der Waals surface area contributed by atoms with Crippen LogP contribution in [0.15, 0.2) is 23.4 Å². The van der Waals surface area contributed by atoms with Gasteiger partial charge in [0.2, 0.25) is 0 Å². The maximum Gasteiger partial charge on any atom is 0.172 e. The van der Waals surface area contributed by atoms with Crippen molar-refractivity contribution in [3.05, 3.63) is 28.8 Å². The highest BCUT2D eigenvalue weighted by atomic mass is 35.5. The van der Waals surface area contributed by atoms with Crippen molar-refractivity contribution >= 4 is 23.1 Å². The van der Waals surface area contributed by atoms with Gasteiger partial charge in [0, 0.05) is 29.4 Å². The molecule has 0 radical (unpaired) electrons. The topological polar surface area (TPSA) is 61.8 Å². The van der Waals surface area contributed by atoms with Gasteiger partial charge in [-0.05, 0) is 31.0 Å². The second-order valence-corrected chi connectivity index (χ2v) is 5.18. The number of anilines is 1. The number of hydrogen-bond acceptors (Lipinski definition) is 3. The van der Waals surface area contributed by atoms with Crippen LogP contribution in [0.25, 0.3) is 0 Å². The molecule has 1 aromatic carbocycles. The van der Waals surface area contributed by atoms with Crippen LogP contribution < -0.4 is 10.6 Å². The van der Waals surface area contributed by atoms with Crippen LogP contribution in [0.1, 0.15) is 26.3 Å². The molecule has 1 unspecified atom stereocenters. The number of amidine groups is 1. The largest absolute Gasteiger partial charge is 0.409 e.